The summed E-state index contributed by atoms with van der Waals surface area (Å²) in [5.41, 5.74) is 1.51. The molecule has 18 heavy (non-hydrogen) atoms. The maximum Gasteiger partial charge on any atom is 0.160 e. The highest BCUT2D eigenvalue weighted by Crippen LogP contribution is 2.22. The van der Waals surface area contributed by atoms with Crippen LogP contribution >= 0.6 is 11.6 Å². The van der Waals surface area contributed by atoms with Crippen molar-refractivity contribution < 1.29 is 8.78 Å². The van der Waals surface area contributed by atoms with Crippen molar-refractivity contribution in [1.82, 2.24) is 0 Å². The lowest BCUT2D eigenvalue weighted by Crippen LogP contribution is -2.06. The zero-order chi connectivity index (χ0) is 13.1. The van der Waals surface area contributed by atoms with E-state index in [9.17, 15) is 8.78 Å². The summed E-state index contributed by atoms with van der Waals surface area (Å²) in [5.74, 6) is -1.71. The van der Waals surface area contributed by atoms with Gasteiger partial charge in [-0.1, -0.05) is 23.7 Å². The van der Waals surface area contributed by atoms with Gasteiger partial charge in [-0.3, -0.25) is 0 Å². The molecule has 4 heteroatoms. The number of benzene rings is 2. The van der Waals surface area contributed by atoms with Crippen molar-refractivity contribution >= 4 is 17.3 Å². The number of rotatable bonds is 3. The molecule has 0 bridgehead atoms. The lowest BCUT2D eigenvalue weighted by molar-refractivity contribution is 0.509. The molecule has 0 amide bonds. The van der Waals surface area contributed by atoms with E-state index in [2.05, 4.69) is 5.32 Å². The maximum absolute atomic E-state index is 13.1. The Bertz CT molecular complexity index is 557. The molecule has 2 rings (SSSR count). The highest BCUT2D eigenvalue weighted by Gasteiger charge is 2.08. The fourth-order valence-electron chi connectivity index (χ4n) is 1.70. The Balaban J connectivity index is 2.16. The third kappa shape index (κ3) is 2.99. The summed E-state index contributed by atoms with van der Waals surface area (Å²) in [7, 11) is 0. The maximum atomic E-state index is 13.1. The minimum absolute atomic E-state index is 0.0476. The second kappa shape index (κ2) is 5.36. The molecule has 0 radical (unpaired) electrons. The molecule has 0 aromatic heterocycles. The molecule has 0 aliphatic heterocycles. The smallest absolute Gasteiger partial charge is 0.160 e. The molecular formula is C14H12ClF2N. The SMILES string of the molecule is CC(Nc1ccc(F)c(F)c1)c1cccc(Cl)c1. The predicted octanol–water partition coefficient (Wildman–Crippen LogP) is 4.79. The molecule has 1 N–H and O–H groups in total. The van der Waals surface area contributed by atoms with Crippen LogP contribution in [0.3, 0.4) is 0 Å². The highest BCUT2D eigenvalue weighted by atomic mass is 35.5. The third-order valence-corrected chi connectivity index (χ3v) is 2.89. The standard InChI is InChI=1S/C14H12ClF2N/c1-9(10-3-2-4-11(15)7-10)18-12-5-6-13(16)14(17)8-12/h2-9,18H,1H3. The van der Waals surface area contributed by atoms with Crippen molar-refractivity contribution in [2.45, 2.75) is 13.0 Å². The van der Waals surface area contributed by atoms with Crippen molar-refractivity contribution in [2.24, 2.45) is 0 Å². The molecular weight excluding hydrogens is 256 g/mol. The van der Waals surface area contributed by atoms with Gasteiger partial charge < -0.3 is 5.32 Å². The van der Waals surface area contributed by atoms with E-state index in [1.54, 1.807) is 6.07 Å². The largest absolute Gasteiger partial charge is 0.378 e. The number of hydrogen-bond acceptors (Lipinski definition) is 1. The number of nitrogens with one attached hydrogen (secondary N) is 1. The van der Waals surface area contributed by atoms with Gasteiger partial charge in [0.05, 0.1) is 0 Å². The van der Waals surface area contributed by atoms with Crippen LogP contribution in [0.1, 0.15) is 18.5 Å². The first-order valence-electron chi connectivity index (χ1n) is 5.53. The van der Waals surface area contributed by atoms with Crippen LogP contribution in [-0.2, 0) is 0 Å². The zero-order valence-electron chi connectivity index (χ0n) is 9.75. The number of anilines is 1. The average molecular weight is 268 g/mol. The lowest BCUT2D eigenvalue weighted by Gasteiger charge is -2.16. The Morgan fingerprint density at radius 2 is 1.83 bits per heavy atom. The van der Waals surface area contributed by atoms with E-state index >= 15 is 0 Å². The van der Waals surface area contributed by atoms with E-state index in [0.29, 0.717) is 10.7 Å². The minimum atomic E-state index is -0.863. The van der Waals surface area contributed by atoms with E-state index in [-0.39, 0.29) is 6.04 Å². The van der Waals surface area contributed by atoms with Crippen LogP contribution in [0.4, 0.5) is 14.5 Å². The van der Waals surface area contributed by atoms with E-state index in [1.165, 1.54) is 6.07 Å². The molecule has 0 heterocycles. The van der Waals surface area contributed by atoms with E-state index < -0.39 is 11.6 Å². The zero-order valence-corrected chi connectivity index (χ0v) is 10.5. The van der Waals surface area contributed by atoms with Crippen LogP contribution in [0.2, 0.25) is 5.02 Å². The summed E-state index contributed by atoms with van der Waals surface area (Å²) >= 11 is 5.90. The quantitative estimate of drug-likeness (QED) is 0.843. The molecule has 0 saturated heterocycles. The highest BCUT2D eigenvalue weighted by molar-refractivity contribution is 6.30. The minimum Gasteiger partial charge on any atom is -0.378 e. The molecule has 1 unspecified atom stereocenters. The van der Waals surface area contributed by atoms with Gasteiger partial charge >= 0.3 is 0 Å². The van der Waals surface area contributed by atoms with Gasteiger partial charge in [-0.2, -0.15) is 0 Å². The Kier molecular flexibility index (Phi) is 3.82. The van der Waals surface area contributed by atoms with Crippen LogP contribution in [0.15, 0.2) is 42.5 Å². The second-order valence-corrected chi connectivity index (χ2v) is 4.49. The van der Waals surface area contributed by atoms with Crippen LogP contribution in [0.5, 0.6) is 0 Å². The Hall–Kier alpha value is -1.61. The van der Waals surface area contributed by atoms with Gasteiger partial charge in [-0.05, 0) is 36.8 Å². The molecule has 0 aliphatic carbocycles. The Morgan fingerprint density at radius 1 is 1.06 bits per heavy atom. The average Bonchev–Trinajstić information content (AvgIpc) is 2.34. The summed E-state index contributed by atoms with van der Waals surface area (Å²) in [4.78, 5) is 0. The van der Waals surface area contributed by atoms with Gasteiger partial charge in [-0.25, -0.2) is 8.78 Å². The Labute approximate surface area is 109 Å². The van der Waals surface area contributed by atoms with Crippen molar-refractivity contribution in [2.75, 3.05) is 5.32 Å². The molecule has 94 valence electrons. The van der Waals surface area contributed by atoms with Gasteiger partial charge in [0, 0.05) is 22.8 Å². The van der Waals surface area contributed by atoms with Gasteiger partial charge in [-0.15, -0.1) is 0 Å². The molecule has 1 nitrogen and oxygen atoms in total. The molecule has 0 spiro atoms. The summed E-state index contributed by atoms with van der Waals surface area (Å²) in [5, 5.41) is 3.73. The summed E-state index contributed by atoms with van der Waals surface area (Å²) in [6, 6.07) is 11.1. The van der Waals surface area contributed by atoms with Crippen molar-refractivity contribution in [1.29, 1.82) is 0 Å². The van der Waals surface area contributed by atoms with Gasteiger partial charge in [0.1, 0.15) is 0 Å². The number of hydrogen-bond donors (Lipinski definition) is 1. The third-order valence-electron chi connectivity index (χ3n) is 2.65. The topological polar surface area (TPSA) is 12.0 Å². The molecule has 1 atom stereocenters. The van der Waals surface area contributed by atoms with E-state index in [4.69, 9.17) is 11.6 Å². The molecule has 0 aliphatic rings. The van der Waals surface area contributed by atoms with Crippen LogP contribution < -0.4 is 5.32 Å². The predicted molar refractivity (Wildman–Crippen MR) is 69.8 cm³/mol. The summed E-state index contributed by atoms with van der Waals surface area (Å²) < 4.78 is 25.9. The van der Waals surface area contributed by atoms with Crippen molar-refractivity contribution in [3.63, 3.8) is 0 Å². The Morgan fingerprint density at radius 3 is 2.50 bits per heavy atom. The first-order chi connectivity index (χ1) is 8.56. The molecule has 0 saturated carbocycles. The fourth-order valence-corrected chi connectivity index (χ4v) is 1.89. The van der Waals surface area contributed by atoms with Gasteiger partial charge in [0.25, 0.3) is 0 Å². The van der Waals surface area contributed by atoms with Crippen molar-refractivity contribution in [3.8, 4) is 0 Å². The lowest BCUT2D eigenvalue weighted by atomic mass is 10.1. The normalized spacial score (nSPS) is 12.2. The first-order valence-corrected chi connectivity index (χ1v) is 5.91. The summed E-state index contributed by atoms with van der Waals surface area (Å²) in [6.45, 7) is 1.92. The van der Waals surface area contributed by atoms with Crippen molar-refractivity contribution in [3.05, 3.63) is 64.7 Å². The molecule has 0 fully saturated rings. The van der Waals surface area contributed by atoms with E-state index in [1.807, 2.05) is 25.1 Å². The second-order valence-electron chi connectivity index (χ2n) is 4.05. The van der Waals surface area contributed by atoms with Crippen LogP contribution in [0.25, 0.3) is 0 Å². The number of halogens is 3. The van der Waals surface area contributed by atoms with Gasteiger partial charge in [0.15, 0.2) is 11.6 Å². The monoisotopic (exact) mass is 267 g/mol. The molecule has 2 aromatic carbocycles. The summed E-state index contributed by atoms with van der Waals surface area (Å²) in [6.07, 6.45) is 0. The first kappa shape index (κ1) is 12.8. The van der Waals surface area contributed by atoms with E-state index in [0.717, 1.165) is 17.7 Å². The van der Waals surface area contributed by atoms with Crippen LogP contribution in [-0.4, -0.2) is 0 Å². The van der Waals surface area contributed by atoms with Gasteiger partial charge in [0.2, 0.25) is 0 Å². The van der Waals surface area contributed by atoms with Crippen LogP contribution in [0, 0.1) is 11.6 Å². The fraction of sp³-hybridized carbons (Fsp3) is 0.143. The molecule has 2 aromatic rings.